The molecule has 0 amide bonds. The molecule has 8 nitrogen and oxygen atoms in total. The molecule has 1 aromatic carbocycles. The Morgan fingerprint density at radius 3 is 2.70 bits per heavy atom. The number of methoxy groups -OCH3 is 1. The third-order valence-electron chi connectivity index (χ3n) is 2.74. The van der Waals surface area contributed by atoms with Gasteiger partial charge in [-0.25, -0.2) is 9.44 Å². The maximum atomic E-state index is 11.7. The van der Waals surface area contributed by atoms with E-state index in [1.807, 2.05) is 0 Å². The van der Waals surface area contributed by atoms with E-state index in [9.17, 15) is 13.2 Å². The number of carbonyl (C=O) groups excluding carboxylic acids is 1. The van der Waals surface area contributed by atoms with E-state index in [2.05, 4.69) is 11.2 Å². The number of rotatable bonds is 8. The van der Waals surface area contributed by atoms with Gasteiger partial charge in [-0.05, 0) is 19.1 Å². The summed E-state index contributed by atoms with van der Waals surface area (Å²) in [6, 6.07) is 4.49. The van der Waals surface area contributed by atoms with E-state index in [1.165, 1.54) is 19.2 Å². The maximum Gasteiger partial charge on any atom is 0.326 e. The first-order valence-corrected chi connectivity index (χ1v) is 8.15. The SMILES string of the molecule is C#CCNc1ccc(N(CC(=O)OCC)S(N)(=O)=O)cc1OC. The standard InChI is InChI=1S/C14H19N3O5S/c1-4-8-16-12-7-6-11(9-13(12)21-3)17(23(15,19)20)10-14(18)22-5-2/h1,6-7,9,16H,5,8,10H2,2-3H3,(H2,15,19,20). The first-order chi connectivity index (χ1) is 10.8. The van der Waals surface area contributed by atoms with Crippen LogP contribution in [-0.2, 0) is 19.7 Å². The summed E-state index contributed by atoms with van der Waals surface area (Å²) in [6.45, 7) is 1.49. The van der Waals surface area contributed by atoms with Crippen molar-refractivity contribution < 1.29 is 22.7 Å². The highest BCUT2D eigenvalue weighted by molar-refractivity contribution is 7.90. The molecule has 0 saturated carbocycles. The predicted molar refractivity (Wildman–Crippen MR) is 87.4 cm³/mol. The molecule has 0 fully saturated rings. The smallest absolute Gasteiger partial charge is 0.326 e. The largest absolute Gasteiger partial charge is 0.495 e. The Hall–Kier alpha value is -2.44. The molecule has 0 aliphatic carbocycles. The number of benzene rings is 1. The summed E-state index contributed by atoms with van der Waals surface area (Å²) >= 11 is 0. The summed E-state index contributed by atoms with van der Waals surface area (Å²) in [5.74, 6) is 2.06. The Bertz CT molecular complexity index is 697. The van der Waals surface area contributed by atoms with Gasteiger partial charge < -0.3 is 14.8 Å². The van der Waals surface area contributed by atoms with Crippen molar-refractivity contribution in [2.75, 3.05) is 36.4 Å². The van der Waals surface area contributed by atoms with Gasteiger partial charge in [-0.2, -0.15) is 8.42 Å². The van der Waals surface area contributed by atoms with E-state index in [-0.39, 0.29) is 18.8 Å². The molecule has 126 valence electrons. The Morgan fingerprint density at radius 2 is 2.17 bits per heavy atom. The molecule has 0 saturated heterocycles. The molecular weight excluding hydrogens is 322 g/mol. The van der Waals surface area contributed by atoms with Crippen LogP contribution in [0.4, 0.5) is 11.4 Å². The zero-order valence-electron chi connectivity index (χ0n) is 12.9. The number of hydrogen-bond donors (Lipinski definition) is 2. The number of anilines is 2. The highest BCUT2D eigenvalue weighted by atomic mass is 32.2. The van der Waals surface area contributed by atoms with E-state index in [0.29, 0.717) is 11.4 Å². The summed E-state index contributed by atoms with van der Waals surface area (Å²) in [7, 11) is -2.74. The number of nitrogens with two attached hydrogens (primary N) is 1. The molecule has 23 heavy (non-hydrogen) atoms. The summed E-state index contributed by atoms with van der Waals surface area (Å²) in [5.41, 5.74) is 0.753. The van der Waals surface area contributed by atoms with Gasteiger partial charge in [0.15, 0.2) is 0 Å². The molecule has 0 aliphatic rings. The van der Waals surface area contributed by atoms with Crippen molar-refractivity contribution in [2.45, 2.75) is 6.92 Å². The molecule has 0 spiro atoms. The van der Waals surface area contributed by atoms with Gasteiger partial charge in [-0.1, -0.05) is 5.92 Å². The van der Waals surface area contributed by atoms with Crippen molar-refractivity contribution >= 4 is 27.6 Å². The topological polar surface area (TPSA) is 111 Å². The monoisotopic (exact) mass is 341 g/mol. The van der Waals surface area contributed by atoms with Crippen molar-refractivity contribution in [2.24, 2.45) is 5.14 Å². The summed E-state index contributed by atoms with van der Waals surface area (Å²) in [6.07, 6.45) is 5.18. The number of nitrogens with one attached hydrogen (secondary N) is 1. The van der Waals surface area contributed by atoms with Gasteiger partial charge in [-0.3, -0.25) is 4.79 Å². The number of esters is 1. The van der Waals surface area contributed by atoms with Crippen molar-refractivity contribution in [3.63, 3.8) is 0 Å². The van der Waals surface area contributed by atoms with Crippen LogP contribution in [0.1, 0.15) is 6.92 Å². The van der Waals surface area contributed by atoms with Crippen LogP contribution in [0.15, 0.2) is 18.2 Å². The minimum Gasteiger partial charge on any atom is -0.495 e. The molecule has 0 bridgehead atoms. The number of terminal acetylenes is 1. The third-order valence-corrected chi connectivity index (χ3v) is 3.69. The second-order valence-corrected chi connectivity index (χ2v) is 5.77. The second-order valence-electron chi connectivity index (χ2n) is 4.30. The van der Waals surface area contributed by atoms with E-state index in [1.54, 1.807) is 13.0 Å². The molecule has 0 heterocycles. The quantitative estimate of drug-likeness (QED) is 0.520. The molecule has 0 radical (unpaired) electrons. The number of nitrogens with zero attached hydrogens (tertiary/aromatic N) is 1. The molecule has 0 aromatic heterocycles. The van der Waals surface area contributed by atoms with E-state index in [4.69, 9.17) is 21.0 Å². The van der Waals surface area contributed by atoms with Gasteiger partial charge in [0.1, 0.15) is 12.3 Å². The zero-order valence-corrected chi connectivity index (χ0v) is 13.7. The molecule has 0 atom stereocenters. The van der Waals surface area contributed by atoms with Crippen molar-refractivity contribution in [3.05, 3.63) is 18.2 Å². The molecule has 1 aromatic rings. The lowest BCUT2D eigenvalue weighted by molar-refractivity contribution is -0.141. The minimum atomic E-state index is -4.16. The van der Waals surface area contributed by atoms with Crippen LogP contribution in [0, 0.1) is 12.3 Å². The minimum absolute atomic E-state index is 0.134. The van der Waals surface area contributed by atoms with E-state index in [0.717, 1.165) is 4.31 Å². The van der Waals surface area contributed by atoms with Gasteiger partial charge in [0.25, 0.3) is 10.2 Å². The Morgan fingerprint density at radius 1 is 1.48 bits per heavy atom. The Labute approximate surface area is 135 Å². The van der Waals surface area contributed by atoms with Crippen LogP contribution in [0.25, 0.3) is 0 Å². The molecule has 3 N–H and O–H groups in total. The predicted octanol–water partition coefficient (Wildman–Crippen LogP) is 0.313. The average Bonchev–Trinajstić information content (AvgIpc) is 2.49. The van der Waals surface area contributed by atoms with Crippen molar-refractivity contribution in [1.29, 1.82) is 0 Å². The molecule has 9 heteroatoms. The Kier molecular flexibility index (Phi) is 6.68. The van der Waals surface area contributed by atoms with Crippen LogP contribution >= 0.6 is 0 Å². The van der Waals surface area contributed by atoms with Crippen LogP contribution in [-0.4, -0.2) is 41.2 Å². The fourth-order valence-electron chi connectivity index (χ4n) is 1.78. The van der Waals surface area contributed by atoms with Gasteiger partial charge in [0, 0.05) is 6.07 Å². The molecule has 1 rings (SSSR count). The zero-order chi connectivity index (χ0) is 17.5. The number of carbonyl (C=O) groups is 1. The fraction of sp³-hybridized carbons (Fsp3) is 0.357. The van der Waals surface area contributed by atoms with Crippen LogP contribution in [0.2, 0.25) is 0 Å². The van der Waals surface area contributed by atoms with Crippen molar-refractivity contribution in [1.82, 2.24) is 0 Å². The molecule has 0 unspecified atom stereocenters. The molecule has 0 aliphatic heterocycles. The molecular formula is C14H19N3O5S. The Balaban J connectivity index is 3.17. The maximum absolute atomic E-state index is 11.7. The van der Waals surface area contributed by atoms with Crippen LogP contribution in [0.5, 0.6) is 5.75 Å². The highest BCUT2D eigenvalue weighted by Gasteiger charge is 2.23. The van der Waals surface area contributed by atoms with Crippen LogP contribution in [0.3, 0.4) is 0 Å². The lowest BCUT2D eigenvalue weighted by atomic mass is 10.2. The summed E-state index contributed by atoms with van der Waals surface area (Å²) in [5, 5.41) is 8.10. The van der Waals surface area contributed by atoms with Gasteiger partial charge in [0.05, 0.1) is 31.6 Å². The lowest BCUT2D eigenvalue weighted by Gasteiger charge is -2.22. The number of ether oxygens (including phenoxy) is 2. The second kappa shape index (κ2) is 8.26. The van der Waals surface area contributed by atoms with Crippen molar-refractivity contribution in [3.8, 4) is 18.1 Å². The first-order valence-electron chi connectivity index (χ1n) is 6.65. The number of hydrogen-bond acceptors (Lipinski definition) is 6. The summed E-state index contributed by atoms with van der Waals surface area (Å²) in [4.78, 5) is 11.6. The van der Waals surface area contributed by atoms with Gasteiger partial charge >= 0.3 is 5.97 Å². The normalized spacial score (nSPS) is 10.5. The first kappa shape index (κ1) is 18.6. The van der Waals surface area contributed by atoms with Crippen LogP contribution < -0.4 is 19.5 Å². The highest BCUT2D eigenvalue weighted by Crippen LogP contribution is 2.30. The fourth-order valence-corrected chi connectivity index (χ4v) is 2.47. The van der Waals surface area contributed by atoms with Gasteiger partial charge in [0.2, 0.25) is 0 Å². The van der Waals surface area contributed by atoms with E-state index < -0.39 is 22.7 Å². The van der Waals surface area contributed by atoms with E-state index >= 15 is 0 Å². The summed E-state index contributed by atoms with van der Waals surface area (Å²) < 4.78 is 34.2. The third kappa shape index (κ3) is 5.36. The van der Waals surface area contributed by atoms with Gasteiger partial charge in [-0.15, -0.1) is 6.42 Å². The lowest BCUT2D eigenvalue weighted by Crippen LogP contribution is -2.40. The average molecular weight is 341 g/mol.